The number of ketones is 1. The number of Topliss-reactive ketones (excluding diaryl/α,β-unsaturated/α-hetero) is 1. The number of benzene rings is 2. The number of aromatic nitrogens is 1. The SMILES string of the molecule is CC(OC(=O)/C=C/c1ccc(OCc2ccccn2)cc1)C(=O)c1ccc(NC(=O)C(C)(C)C)cc1. The van der Waals surface area contributed by atoms with Gasteiger partial charge in [0.25, 0.3) is 0 Å². The van der Waals surface area contributed by atoms with E-state index in [-0.39, 0.29) is 11.7 Å². The van der Waals surface area contributed by atoms with Crippen molar-refractivity contribution in [3.63, 3.8) is 0 Å². The normalized spacial score (nSPS) is 12.1. The Morgan fingerprint density at radius 1 is 0.972 bits per heavy atom. The molecule has 0 aliphatic heterocycles. The first kappa shape index (κ1) is 26.3. The van der Waals surface area contributed by atoms with Crippen molar-refractivity contribution in [2.45, 2.75) is 40.4 Å². The number of nitrogens with zero attached hydrogens (tertiary/aromatic N) is 1. The van der Waals surface area contributed by atoms with E-state index in [2.05, 4.69) is 10.3 Å². The average molecular weight is 487 g/mol. The van der Waals surface area contributed by atoms with Gasteiger partial charge in [-0.1, -0.05) is 39.0 Å². The minimum Gasteiger partial charge on any atom is -0.487 e. The summed E-state index contributed by atoms with van der Waals surface area (Å²) in [7, 11) is 0. The van der Waals surface area contributed by atoms with E-state index in [1.165, 1.54) is 13.0 Å². The summed E-state index contributed by atoms with van der Waals surface area (Å²) in [5, 5.41) is 2.80. The van der Waals surface area contributed by atoms with Crippen LogP contribution in [-0.4, -0.2) is 28.7 Å². The predicted octanol–water partition coefficient (Wildman–Crippen LogP) is 5.47. The van der Waals surface area contributed by atoms with E-state index in [9.17, 15) is 14.4 Å². The maximum atomic E-state index is 12.6. The first-order valence-electron chi connectivity index (χ1n) is 11.6. The molecule has 0 saturated heterocycles. The van der Waals surface area contributed by atoms with Crippen molar-refractivity contribution in [2.24, 2.45) is 5.41 Å². The molecule has 3 rings (SSSR count). The van der Waals surface area contributed by atoms with Crippen molar-refractivity contribution >= 4 is 29.4 Å². The molecule has 1 unspecified atom stereocenters. The van der Waals surface area contributed by atoms with Crippen LogP contribution in [0.1, 0.15) is 49.3 Å². The van der Waals surface area contributed by atoms with Gasteiger partial charge in [-0.05, 0) is 67.1 Å². The maximum Gasteiger partial charge on any atom is 0.331 e. The molecule has 36 heavy (non-hydrogen) atoms. The molecule has 1 heterocycles. The van der Waals surface area contributed by atoms with Gasteiger partial charge in [-0.3, -0.25) is 14.6 Å². The molecule has 0 aliphatic carbocycles. The van der Waals surface area contributed by atoms with Gasteiger partial charge in [-0.15, -0.1) is 0 Å². The third kappa shape index (κ3) is 7.91. The zero-order valence-electron chi connectivity index (χ0n) is 20.9. The van der Waals surface area contributed by atoms with Crippen LogP contribution in [0.5, 0.6) is 5.75 Å². The van der Waals surface area contributed by atoms with Crippen molar-refractivity contribution in [2.75, 3.05) is 5.32 Å². The van der Waals surface area contributed by atoms with E-state index >= 15 is 0 Å². The van der Waals surface area contributed by atoms with E-state index in [1.54, 1.807) is 48.7 Å². The summed E-state index contributed by atoms with van der Waals surface area (Å²) in [4.78, 5) is 41.2. The second-order valence-corrected chi connectivity index (χ2v) is 9.24. The van der Waals surface area contributed by atoms with Crippen molar-refractivity contribution in [1.29, 1.82) is 0 Å². The standard InChI is InChI=1S/C29H30N2O5/c1-20(27(33)22-11-13-23(14-12-22)31-28(34)29(2,3)4)36-26(32)17-10-21-8-15-25(16-9-21)35-19-24-7-5-6-18-30-24/h5-18,20H,19H2,1-4H3,(H,31,34)/b17-10+. The molecule has 1 aromatic heterocycles. The largest absolute Gasteiger partial charge is 0.487 e. The van der Waals surface area contributed by atoms with Gasteiger partial charge in [0.15, 0.2) is 6.10 Å². The van der Waals surface area contributed by atoms with Gasteiger partial charge in [0.1, 0.15) is 12.4 Å². The Labute approximate surface area is 211 Å². The molecule has 0 radical (unpaired) electrons. The molecule has 7 heteroatoms. The highest BCUT2D eigenvalue weighted by Crippen LogP contribution is 2.19. The number of ether oxygens (including phenoxy) is 2. The van der Waals surface area contributed by atoms with Gasteiger partial charge in [0, 0.05) is 28.9 Å². The van der Waals surface area contributed by atoms with Gasteiger partial charge in [-0.25, -0.2) is 4.79 Å². The van der Waals surface area contributed by atoms with Crippen LogP contribution < -0.4 is 10.1 Å². The number of nitrogens with one attached hydrogen (secondary N) is 1. The first-order chi connectivity index (χ1) is 17.1. The number of amides is 1. The van der Waals surface area contributed by atoms with E-state index in [0.717, 1.165) is 11.3 Å². The maximum absolute atomic E-state index is 12.6. The zero-order valence-corrected chi connectivity index (χ0v) is 20.9. The molecular formula is C29H30N2O5. The lowest BCUT2D eigenvalue weighted by atomic mass is 9.95. The van der Waals surface area contributed by atoms with Crippen LogP contribution in [0.15, 0.2) is 79.0 Å². The van der Waals surface area contributed by atoms with E-state index < -0.39 is 17.5 Å². The Morgan fingerprint density at radius 3 is 2.28 bits per heavy atom. The first-order valence-corrected chi connectivity index (χ1v) is 11.6. The van der Waals surface area contributed by atoms with Crippen LogP contribution in [0.25, 0.3) is 6.08 Å². The predicted molar refractivity (Wildman–Crippen MR) is 138 cm³/mol. The van der Waals surface area contributed by atoms with Gasteiger partial charge in [0.2, 0.25) is 11.7 Å². The third-order valence-electron chi connectivity index (χ3n) is 5.18. The highest BCUT2D eigenvalue weighted by molar-refractivity contribution is 6.01. The smallest absolute Gasteiger partial charge is 0.331 e. The summed E-state index contributed by atoms with van der Waals surface area (Å²) in [6.07, 6.45) is 3.64. The Kier molecular flexibility index (Phi) is 8.73. The Bertz CT molecular complexity index is 1210. The van der Waals surface area contributed by atoms with E-state index in [0.29, 0.717) is 23.6 Å². The fourth-order valence-corrected chi connectivity index (χ4v) is 3.02. The van der Waals surface area contributed by atoms with E-state index in [1.807, 2.05) is 51.1 Å². The van der Waals surface area contributed by atoms with Crippen LogP contribution in [0.2, 0.25) is 0 Å². The lowest BCUT2D eigenvalue weighted by molar-refractivity contribution is -0.140. The van der Waals surface area contributed by atoms with Crippen molar-refractivity contribution in [1.82, 2.24) is 4.98 Å². The van der Waals surface area contributed by atoms with Gasteiger partial charge in [0.05, 0.1) is 5.69 Å². The van der Waals surface area contributed by atoms with Gasteiger partial charge < -0.3 is 14.8 Å². The molecule has 1 amide bonds. The van der Waals surface area contributed by atoms with Crippen molar-refractivity contribution in [3.8, 4) is 5.75 Å². The van der Waals surface area contributed by atoms with E-state index in [4.69, 9.17) is 9.47 Å². The lowest BCUT2D eigenvalue weighted by Gasteiger charge is -2.18. The third-order valence-corrected chi connectivity index (χ3v) is 5.18. The Morgan fingerprint density at radius 2 is 1.67 bits per heavy atom. The minimum absolute atomic E-state index is 0.123. The summed E-state index contributed by atoms with van der Waals surface area (Å²) < 4.78 is 11.0. The molecule has 0 fully saturated rings. The summed E-state index contributed by atoms with van der Waals surface area (Å²) in [5.41, 5.74) is 2.06. The number of carbonyl (C=O) groups is 3. The number of hydrogen-bond acceptors (Lipinski definition) is 6. The fourth-order valence-electron chi connectivity index (χ4n) is 3.02. The lowest BCUT2D eigenvalue weighted by Crippen LogP contribution is -2.27. The molecule has 3 aromatic rings. The molecular weight excluding hydrogens is 456 g/mol. The van der Waals surface area contributed by atoms with Crippen molar-refractivity contribution in [3.05, 3.63) is 95.8 Å². The van der Waals surface area contributed by atoms with Crippen LogP contribution >= 0.6 is 0 Å². The molecule has 7 nitrogen and oxygen atoms in total. The number of esters is 1. The molecule has 0 saturated carbocycles. The van der Waals surface area contributed by atoms with Crippen molar-refractivity contribution < 1.29 is 23.9 Å². The number of rotatable bonds is 9. The van der Waals surface area contributed by atoms with Crippen LogP contribution in [0.3, 0.4) is 0 Å². The Hall–Kier alpha value is -4.26. The minimum atomic E-state index is -0.959. The highest BCUT2D eigenvalue weighted by Gasteiger charge is 2.22. The fraction of sp³-hybridized carbons (Fsp3) is 0.241. The van der Waals surface area contributed by atoms with Crippen LogP contribution in [0.4, 0.5) is 5.69 Å². The number of anilines is 1. The summed E-state index contributed by atoms with van der Waals surface area (Å²) in [6.45, 7) is 7.34. The molecule has 0 spiro atoms. The Balaban J connectivity index is 1.49. The summed E-state index contributed by atoms with van der Waals surface area (Å²) in [6, 6.07) is 19.3. The monoisotopic (exact) mass is 486 g/mol. The topological polar surface area (TPSA) is 94.6 Å². The highest BCUT2D eigenvalue weighted by atomic mass is 16.5. The molecule has 1 N–H and O–H groups in total. The summed E-state index contributed by atoms with van der Waals surface area (Å²) >= 11 is 0. The van der Waals surface area contributed by atoms with Crippen LogP contribution in [0, 0.1) is 5.41 Å². The molecule has 1 atom stereocenters. The van der Waals surface area contributed by atoms with Gasteiger partial charge >= 0.3 is 5.97 Å². The number of carbonyl (C=O) groups excluding carboxylic acids is 3. The molecule has 0 aliphatic rings. The molecule has 186 valence electrons. The van der Waals surface area contributed by atoms with Crippen LogP contribution in [-0.2, 0) is 20.9 Å². The number of pyridine rings is 1. The average Bonchev–Trinajstić information content (AvgIpc) is 2.87. The quantitative estimate of drug-likeness (QED) is 0.245. The zero-order chi connectivity index (χ0) is 26.1. The molecule has 0 bridgehead atoms. The second-order valence-electron chi connectivity index (χ2n) is 9.24. The number of hydrogen-bond donors (Lipinski definition) is 1. The summed E-state index contributed by atoms with van der Waals surface area (Å²) in [5.74, 6) is -0.397. The second kappa shape index (κ2) is 11.9. The van der Waals surface area contributed by atoms with Gasteiger partial charge in [-0.2, -0.15) is 0 Å². The molecule has 2 aromatic carbocycles.